The molecule has 0 saturated heterocycles. The molecule has 6 N–H and O–H groups in total. The molecular formula is C19H21N7. The van der Waals surface area contributed by atoms with Gasteiger partial charge in [-0.2, -0.15) is 4.98 Å². The summed E-state index contributed by atoms with van der Waals surface area (Å²) in [5, 5.41) is 11.0. The van der Waals surface area contributed by atoms with Gasteiger partial charge in [0, 0.05) is 17.5 Å². The molecule has 0 amide bonds. The van der Waals surface area contributed by atoms with E-state index in [4.69, 9.17) is 11.5 Å². The number of fused-ring (bicyclic) bond motifs is 1. The Morgan fingerprint density at radius 2 is 1.96 bits per heavy atom. The third-order valence-electron chi connectivity index (χ3n) is 4.27. The van der Waals surface area contributed by atoms with Crippen LogP contribution in [0.25, 0.3) is 16.9 Å². The highest BCUT2D eigenvalue weighted by Gasteiger charge is 2.22. The fraction of sp³-hybridized carbons (Fsp3) is 0.158. The summed E-state index contributed by atoms with van der Waals surface area (Å²) in [5.41, 5.74) is 14.9. The maximum atomic E-state index is 6.28. The van der Waals surface area contributed by atoms with Gasteiger partial charge in [0.25, 0.3) is 0 Å². The second kappa shape index (κ2) is 6.62. The Balaban J connectivity index is 1.67. The number of pyridine rings is 1. The van der Waals surface area contributed by atoms with Gasteiger partial charge < -0.3 is 22.1 Å². The normalized spacial score (nSPS) is 19.2. The van der Waals surface area contributed by atoms with Crippen LogP contribution in [0.1, 0.15) is 6.42 Å². The van der Waals surface area contributed by atoms with Crippen molar-refractivity contribution in [2.45, 2.75) is 12.1 Å². The molecule has 2 aromatic heterocycles. The monoisotopic (exact) mass is 347 g/mol. The molecule has 0 aliphatic carbocycles. The Bertz CT molecular complexity index is 974. The predicted octanol–water partition coefficient (Wildman–Crippen LogP) is 1.81. The van der Waals surface area contributed by atoms with E-state index in [1.807, 2.05) is 59.3 Å². The number of benzene rings is 1. The second-order valence-electron chi connectivity index (χ2n) is 6.26. The zero-order chi connectivity index (χ0) is 18.0. The van der Waals surface area contributed by atoms with Crippen LogP contribution in [-0.2, 0) is 0 Å². The highest BCUT2D eigenvalue weighted by Crippen LogP contribution is 2.21. The number of nitrogens with zero attached hydrogens (tertiary/aromatic N) is 3. The first-order valence-corrected chi connectivity index (χ1v) is 8.51. The summed E-state index contributed by atoms with van der Waals surface area (Å²) in [6.07, 6.45) is 6.23. The summed E-state index contributed by atoms with van der Waals surface area (Å²) in [6.45, 7) is 0.494. The van der Waals surface area contributed by atoms with Crippen molar-refractivity contribution in [3.63, 3.8) is 0 Å². The van der Waals surface area contributed by atoms with E-state index in [9.17, 15) is 0 Å². The number of aromatic nitrogens is 3. The average Bonchev–Trinajstić information content (AvgIpc) is 3.04. The predicted molar refractivity (Wildman–Crippen MR) is 103 cm³/mol. The minimum absolute atomic E-state index is 0.494. The summed E-state index contributed by atoms with van der Waals surface area (Å²) >= 11 is 0. The first-order valence-electron chi connectivity index (χ1n) is 8.51. The molecule has 0 spiro atoms. The first-order chi connectivity index (χ1) is 12.7. The molecule has 26 heavy (non-hydrogen) atoms. The standard InChI is InChI=1S/C19H21N7/c20-11-10-19(21)13-15(9-12-22-19)23-18-24-17-8-4-7-16(26(17)25-18)14-5-2-1-3-6-14/h1-9,12-13,22H,10-11,20-21H2,(H,23,25). The number of rotatable bonds is 5. The topological polar surface area (TPSA) is 106 Å². The highest BCUT2D eigenvalue weighted by atomic mass is 15.4. The van der Waals surface area contributed by atoms with Crippen molar-refractivity contribution in [1.82, 2.24) is 19.9 Å². The molecule has 0 radical (unpaired) electrons. The van der Waals surface area contributed by atoms with Gasteiger partial charge in [-0.05, 0) is 37.3 Å². The van der Waals surface area contributed by atoms with Gasteiger partial charge in [-0.15, -0.1) is 5.10 Å². The fourth-order valence-corrected chi connectivity index (χ4v) is 3.03. The number of nitrogens with two attached hydrogens (primary N) is 2. The Labute approximate surface area is 151 Å². The lowest BCUT2D eigenvalue weighted by Crippen LogP contribution is -2.52. The maximum absolute atomic E-state index is 6.28. The van der Waals surface area contributed by atoms with E-state index in [1.165, 1.54) is 0 Å². The molecule has 132 valence electrons. The summed E-state index contributed by atoms with van der Waals surface area (Å²) in [5.74, 6) is 0.515. The quantitative estimate of drug-likeness (QED) is 0.561. The van der Waals surface area contributed by atoms with Gasteiger partial charge in [-0.3, -0.25) is 0 Å². The molecule has 0 fully saturated rings. The van der Waals surface area contributed by atoms with Gasteiger partial charge in [0.05, 0.1) is 5.69 Å². The zero-order valence-electron chi connectivity index (χ0n) is 14.3. The van der Waals surface area contributed by atoms with Crippen LogP contribution < -0.4 is 22.1 Å². The van der Waals surface area contributed by atoms with Gasteiger partial charge >= 0.3 is 0 Å². The van der Waals surface area contributed by atoms with Crippen molar-refractivity contribution in [3.05, 3.63) is 72.6 Å². The molecule has 0 saturated carbocycles. The van der Waals surface area contributed by atoms with E-state index < -0.39 is 5.66 Å². The SMILES string of the molecule is NCCC1(N)C=C(Nc2nc3cccc(-c4ccccc4)n3n2)C=CN1. The minimum atomic E-state index is -0.666. The second-order valence-corrected chi connectivity index (χ2v) is 6.26. The number of anilines is 1. The molecule has 1 aromatic carbocycles. The Kier molecular flexibility index (Phi) is 4.16. The Morgan fingerprint density at radius 3 is 2.77 bits per heavy atom. The van der Waals surface area contributed by atoms with E-state index in [2.05, 4.69) is 32.8 Å². The fourth-order valence-electron chi connectivity index (χ4n) is 3.03. The lowest BCUT2D eigenvalue weighted by Gasteiger charge is -2.29. The molecule has 1 aliphatic rings. The Morgan fingerprint density at radius 1 is 1.12 bits per heavy atom. The van der Waals surface area contributed by atoms with Crippen molar-refractivity contribution in [2.75, 3.05) is 11.9 Å². The van der Waals surface area contributed by atoms with E-state index in [0.29, 0.717) is 18.9 Å². The van der Waals surface area contributed by atoms with Gasteiger partial charge in [0.1, 0.15) is 5.66 Å². The van der Waals surface area contributed by atoms with Crippen molar-refractivity contribution in [3.8, 4) is 11.3 Å². The van der Waals surface area contributed by atoms with Crippen LogP contribution in [0.4, 0.5) is 5.95 Å². The molecule has 1 atom stereocenters. The van der Waals surface area contributed by atoms with E-state index in [0.717, 1.165) is 22.6 Å². The first kappa shape index (κ1) is 16.3. The van der Waals surface area contributed by atoms with Crippen molar-refractivity contribution in [2.24, 2.45) is 11.5 Å². The molecule has 7 heteroatoms. The molecule has 3 aromatic rings. The van der Waals surface area contributed by atoms with Crippen LogP contribution in [0, 0.1) is 0 Å². The van der Waals surface area contributed by atoms with Gasteiger partial charge in [-0.1, -0.05) is 36.4 Å². The molecule has 0 bridgehead atoms. The minimum Gasteiger partial charge on any atom is -0.370 e. The third-order valence-corrected chi connectivity index (χ3v) is 4.27. The van der Waals surface area contributed by atoms with Crippen LogP contribution in [0.15, 0.2) is 72.6 Å². The van der Waals surface area contributed by atoms with E-state index in [1.54, 1.807) is 0 Å². The van der Waals surface area contributed by atoms with E-state index in [-0.39, 0.29) is 0 Å². The molecule has 7 nitrogen and oxygen atoms in total. The van der Waals surface area contributed by atoms with Crippen LogP contribution in [0.3, 0.4) is 0 Å². The largest absolute Gasteiger partial charge is 0.370 e. The lowest BCUT2D eigenvalue weighted by atomic mass is 10.0. The van der Waals surface area contributed by atoms with Crippen molar-refractivity contribution in [1.29, 1.82) is 0 Å². The van der Waals surface area contributed by atoms with Crippen LogP contribution in [0.2, 0.25) is 0 Å². The molecular weight excluding hydrogens is 326 g/mol. The van der Waals surface area contributed by atoms with Crippen LogP contribution in [0.5, 0.6) is 0 Å². The lowest BCUT2D eigenvalue weighted by molar-refractivity contribution is 0.438. The molecule has 1 unspecified atom stereocenters. The third kappa shape index (κ3) is 3.17. The Hall–Kier alpha value is -3.16. The molecule has 4 rings (SSSR count). The number of nitrogens with one attached hydrogen (secondary N) is 2. The van der Waals surface area contributed by atoms with Crippen molar-refractivity contribution < 1.29 is 0 Å². The summed E-state index contributed by atoms with van der Waals surface area (Å²) in [6, 6.07) is 16.0. The highest BCUT2D eigenvalue weighted by molar-refractivity contribution is 5.63. The summed E-state index contributed by atoms with van der Waals surface area (Å²) in [4.78, 5) is 4.57. The van der Waals surface area contributed by atoms with Gasteiger partial charge in [0.15, 0.2) is 5.65 Å². The maximum Gasteiger partial charge on any atom is 0.247 e. The van der Waals surface area contributed by atoms with Crippen molar-refractivity contribution >= 4 is 11.6 Å². The number of allylic oxidation sites excluding steroid dienone is 1. The summed E-state index contributed by atoms with van der Waals surface area (Å²) < 4.78 is 1.83. The smallest absolute Gasteiger partial charge is 0.247 e. The number of hydrogen-bond donors (Lipinski definition) is 4. The number of hydrogen-bond acceptors (Lipinski definition) is 6. The molecule has 1 aliphatic heterocycles. The average molecular weight is 347 g/mol. The van der Waals surface area contributed by atoms with E-state index >= 15 is 0 Å². The molecule has 3 heterocycles. The van der Waals surface area contributed by atoms with Gasteiger partial charge in [0.2, 0.25) is 5.95 Å². The number of dihydropyridines is 1. The van der Waals surface area contributed by atoms with Crippen LogP contribution in [-0.4, -0.2) is 26.8 Å². The summed E-state index contributed by atoms with van der Waals surface area (Å²) in [7, 11) is 0. The van der Waals surface area contributed by atoms with Gasteiger partial charge in [-0.25, -0.2) is 4.52 Å². The van der Waals surface area contributed by atoms with Crippen LogP contribution >= 0.6 is 0 Å². The zero-order valence-corrected chi connectivity index (χ0v) is 14.3.